The van der Waals surface area contributed by atoms with Gasteiger partial charge in [0.05, 0.1) is 21.7 Å². The zero-order chi connectivity index (χ0) is 30.8. The number of nitro benzene ring substituents is 1. The topological polar surface area (TPSA) is 160 Å². The van der Waals surface area contributed by atoms with Gasteiger partial charge in [-0.2, -0.15) is 5.10 Å². The Hall–Kier alpha value is -5.56. The van der Waals surface area contributed by atoms with Crippen LogP contribution in [0.5, 0.6) is 5.75 Å². The van der Waals surface area contributed by atoms with E-state index in [1.807, 2.05) is 19.1 Å². The first-order valence-electron chi connectivity index (χ1n) is 12.9. The van der Waals surface area contributed by atoms with Crippen LogP contribution in [0.15, 0.2) is 113 Å². The van der Waals surface area contributed by atoms with E-state index in [9.17, 15) is 28.1 Å². The number of rotatable bonds is 12. The SMILES string of the molecule is Cc1ccc(NC(=O)COc2ccc(/C=N\NC(=O)CN(c3ccc([N+](=O)[O-])cc3)S(=O)(=O)c3ccccc3)cc2)cc1. The third-order valence-electron chi connectivity index (χ3n) is 5.96. The van der Waals surface area contributed by atoms with Gasteiger partial charge >= 0.3 is 0 Å². The van der Waals surface area contributed by atoms with E-state index in [1.54, 1.807) is 54.6 Å². The normalized spacial score (nSPS) is 11.1. The van der Waals surface area contributed by atoms with Gasteiger partial charge in [-0.05, 0) is 73.2 Å². The van der Waals surface area contributed by atoms with Crippen molar-refractivity contribution in [3.05, 3.63) is 124 Å². The molecule has 2 N–H and O–H groups in total. The van der Waals surface area contributed by atoms with Gasteiger partial charge in [-0.25, -0.2) is 13.8 Å². The maximum atomic E-state index is 13.4. The molecule has 4 aromatic carbocycles. The van der Waals surface area contributed by atoms with Crippen molar-refractivity contribution in [3.8, 4) is 5.75 Å². The van der Waals surface area contributed by atoms with Crippen LogP contribution in [0.4, 0.5) is 17.1 Å². The maximum absolute atomic E-state index is 13.4. The number of carbonyl (C=O) groups is 2. The van der Waals surface area contributed by atoms with E-state index < -0.39 is 27.4 Å². The summed E-state index contributed by atoms with van der Waals surface area (Å²) in [6.45, 7) is 1.13. The average Bonchev–Trinajstić information content (AvgIpc) is 3.01. The molecule has 0 bridgehead atoms. The van der Waals surface area contributed by atoms with Gasteiger partial charge in [0.1, 0.15) is 12.3 Å². The highest BCUT2D eigenvalue weighted by atomic mass is 32.2. The number of ether oxygens (including phenoxy) is 1. The van der Waals surface area contributed by atoms with Crippen LogP contribution in [0, 0.1) is 17.0 Å². The quantitative estimate of drug-likeness (QED) is 0.139. The Kier molecular flexibility index (Phi) is 9.81. The number of hydrogen-bond donors (Lipinski definition) is 2. The zero-order valence-electron chi connectivity index (χ0n) is 22.9. The summed E-state index contributed by atoms with van der Waals surface area (Å²) in [6, 6.07) is 26.3. The predicted molar refractivity (Wildman–Crippen MR) is 162 cm³/mol. The Morgan fingerprint density at radius 3 is 2.19 bits per heavy atom. The third-order valence-corrected chi connectivity index (χ3v) is 7.74. The van der Waals surface area contributed by atoms with E-state index in [-0.39, 0.29) is 28.8 Å². The van der Waals surface area contributed by atoms with E-state index >= 15 is 0 Å². The summed E-state index contributed by atoms with van der Waals surface area (Å²) in [6.07, 6.45) is 1.35. The number of nitrogens with one attached hydrogen (secondary N) is 2. The number of benzene rings is 4. The predicted octanol–water partition coefficient (Wildman–Crippen LogP) is 4.27. The molecule has 2 amide bonds. The van der Waals surface area contributed by atoms with Crippen LogP contribution < -0.4 is 19.8 Å². The van der Waals surface area contributed by atoms with Gasteiger partial charge in [0.25, 0.3) is 27.5 Å². The summed E-state index contributed by atoms with van der Waals surface area (Å²) < 4.78 is 33.1. The van der Waals surface area contributed by atoms with Gasteiger partial charge in [0.15, 0.2) is 6.61 Å². The van der Waals surface area contributed by atoms with Crippen LogP contribution in [-0.4, -0.2) is 44.5 Å². The molecule has 0 radical (unpaired) electrons. The highest BCUT2D eigenvalue weighted by Gasteiger charge is 2.27. The lowest BCUT2D eigenvalue weighted by Crippen LogP contribution is -2.39. The van der Waals surface area contributed by atoms with Crippen LogP contribution in [-0.2, 0) is 19.6 Å². The van der Waals surface area contributed by atoms with Crippen molar-refractivity contribution < 1.29 is 27.7 Å². The highest BCUT2D eigenvalue weighted by Crippen LogP contribution is 2.25. The lowest BCUT2D eigenvalue weighted by molar-refractivity contribution is -0.384. The molecule has 0 aliphatic carbocycles. The summed E-state index contributed by atoms with van der Waals surface area (Å²) in [5.41, 5.74) is 4.49. The number of aryl methyl sites for hydroxylation is 1. The Bertz CT molecular complexity index is 1710. The molecule has 13 heteroatoms. The molecule has 0 saturated heterocycles. The number of non-ortho nitro benzene ring substituents is 1. The van der Waals surface area contributed by atoms with Crippen LogP contribution in [0.2, 0.25) is 0 Å². The molecule has 0 aromatic heterocycles. The molecule has 0 fully saturated rings. The molecular formula is C30H27N5O7S. The fourth-order valence-corrected chi connectivity index (χ4v) is 5.19. The van der Waals surface area contributed by atoms with Gasteiger partial charge in [-0.3, -0.25) is 24.0 Å². The summed E-state index contributed by atoms with van der Waals surface area (Å²) in [5, 5.41) is 17.7. The van der Waals surface area contributed by atoms with E-state index in [0.717, 1.165) is 22.0 Å². The van der Waals surface area contributed by atoms with Gasteiger partial charge < -0.3 is 10.1 Å². The Balaban J connectivity index is 1.35. The van der Waals surface area contributed by atoms with Crippen molar-refractivity contribution in [3.63, 3.8) is 0 Å². The summed E-state index contributed by atoms with van der Waals surface area (Å²) in [5.74, 6) is -0.604. The molecule has 0 aliphatic rings. The minimum absolute atomic E-state index is 0.0559. The Morgan fingerprint density at radius 1 is 0.907 bits per heavy atom. The molecule has 0 spiro atoms. The van der Waals surface area contributed by atoms with Crippen LogP contribution >= 0.6 is 0 Å². The van der Waals surface area contributed by atoms with Crippen molar-refractivity contribution in [2.75, 3.05) is 22.8 Å². The fraction of sp³-hybridized carbons (Fsp3) is 0.100. The summed E-state index contributed by atoms with van der Waals surface area (Å²) >= 11 is 0. The lowest BCUT2D eigenvalue weighted by atomic mass is 10.2. The lowest BCUT2D eigenvalue weighted by Gasteiger charge is -2.23. The second-order valence-electron chi connectivity index (χ2n) is 9.16. The number of nitro groups is 1. The van der Waals surface area contributed by atoms with Crippen molar-refractivity contribution >= 4 is 45.1 Å². The molecule has 12 nitrogen and oxygen atoms in total. The molecule has 0 unspecified atom stereocenters. The number of anilines is 2. The number of amides is 2. The number of sulfonamides is 1. The highest BCUT2D eigenvalue weighted by molar-refractivity contribution is 7.92. The molecule has 0 saturated carbocycles. The largest absolute Gasteiger partial charge is 0.484 e. The first kappa shape index (κ1) is 30.4. The monoisotopic (exact) mass is 601 g/mol. The molecule has 4 rings (SSSR count). The van der Waals surface area contributed by atoms with Crippen molar-refractivity contribution in [2.24, 2.45) is 5.10 Å². The van der Waals surface area contributed by atoms with Crippen molar-refractivity contribution in [1.29, 1.82) is 0 Å². The first-order chi connectivity index (χ1) is 20.6. The fourth-order valence-electron chi connectivity index (χ4n) is 3.75. The maximum Gasteiger partial charge on any atom is 0.269 e. The van der Waals surface area contributed by atoms with E-state index in [4.69, 9.17) is 4.74 Å². The van der Waals surface area contributed by atoms with E-state index in [0.29, 0.717) is 17.0 Å². The average molecular weight is 602 g/mol. The standard InChI is InChI=1S/C30H27N5O7S/c1-22-7-11-24(12-8-22)32-30(37)21-42-27-17-9-23(10-18-27)19-31-33-29(36)20-34(25-13-15-26(16-14-25)35(38)39)43(40,41)28-5-3-2-4-6-28/h2-19H,20-21H2,1H3,(H,32,37)(H,33,36)/b31-19-. The second-order valence-corrected chi connectivity index (χ2v) is 11.0. The molecule has 0 atom stereocenters. The number of hydrogen-bond acceptors (Lipinski definition) is 8. The molecule has 43 heavy (non-hydrogen) atoms. The van der Waals surface area contributed by atoms with E-state index in [2.05, 4.69) is 15.8 Å². The summed E-state index contributed by atoms with van der Waals surface area (Å²) in [4.78, 5) is 35.2. The van der Waals surface area contributed by atoms with Gasteiger partial charge in [-0.15, -0.1) is 0 Å². The molecular weight excluding hydrogens is 574 g/mol. The van der Waals surface area contributed by atoms with Crippen LogP contribution in [0.25, 0.3) is 0 Å². The van der Waals surface area contributed by atoms with Crippen LogP contribution in [0.3, 0.4) is 0 Å². The Morgan fingerprint density at radius 2 is 1.56 bits per heavy atom. The number of carbonyl (C=O) groups excluding carboxylic acids is 2. The van der Waals surface area contributed by atoms with E-state index in [1.165, 1.54) is 30.5 Å². The number of nitrogens with zero attached hydrogens (tertiary/aromatic N) is 3. The minimum atomic E-state index is -4.19. The molecule has 4 aromatic rings. The molecule has 220 valence electrons. The van der Waals surface area contributed by atoms with Gasteiger partial charge in [0.2, 0.25) is 0 Å². The Labute approximate surface area is 247 Å². The summed E-state index contributed by atoms with van der Waals surface area (Å²) in [7, 11) is -4.19. The molecule has 0 heterocycles. The van der Waals surface area contributed by atoms with Crippen molar-refractivity contribution in [2.45, 2.75) is 11.8 Å². The number of hydrazone groups is 1. The zero-order valence-corrected chi connectivity index (χ0v) is 23.7. The first-order valence-corrected chi connectivity index (χ1v) is 14.3. The van der Waals surface area contributed by atoms with Crippen LogP contribution in [0.1, 0.15) is 11.1 Å². The molecule has 0 aliphatic heterocycles. The van der Waals surface area contributed by atoms with Gasteiger partial charge in [-0.1, -0.05) is 35.9 Å². The second kappa shape index (κ2) is 13.9. The van der Waals surface area contributed by atoms with Crippen molar-refractivity contribution in [1.82, 2.24) is 5.43 Å². The third kappa shape index (κ3) is 8.47. The minimum Gasteiger partial charge on any atom is -0.484 e. The van der Waals surface area contributed by atoms with Gasteiger partial charge in [0, 0.05) is 17.8 Å². The smallest absolute Gasteiger partial charge is 0.269 e.